The van der Waals surface area contributed by atoms with E-state index >= 15 is 0 Å². The maximum atomic E-state index is 13.3. The van der Waals surface area contributed by atoms with Crippen molar-refractivity contribution in [2.24, 2.45) is 5.84 Å². The predicted octanol–water partition coefficient (Wildman–Crippen LogP) is 2.97. The molecule has 0 spiro atoms. The van der Waals surface area contributed by atoms with E-state index in [1.54, 1.807) is 11.3 Å². The highest BCUT2D eigenvalue weighted by Gasteiger charge is 2.12. The molecule has 1 aromatic carbocycles. The van der Waals surface area contributed by atoms with Crippen LogP contribution in [0.2, 0.25) is 0 Å². The third-order valence-electron chi connectivity index (χ3n) is 2.73. The van der Waals surface area contributed by atoms with Gasteiger partial charge in [-0.2, -0.15) is 0 Å². The van der Waals surface area contributed by atoms with Crippen LogP contribution < -0.4 is 11.3 Å². The lowest BCUT2D eigenvalue weighted by Crippen LogP contribution is -2.38. The molecule has 2 aromatic rings. The second kappa shape index (κ2) is 6.56. The standard InChI is InChI=1S/C13H15BrFN3S/c1-8-7-19-13(17-8)6-12(18-16)4-9-2-10(14)5-11(15)3-9/h2-3,5,7,12,18H,4,6,16H2,1H3. The average Bonchev–Trinajstić information content (AvgIpc) is 2.72. The van der Waals surface area contributed by atoms with Crippen molar-refractivity contribution in [2.75, 3.05) is 0 Å². The van der Waals surface area contributed by atoms with Gasteiger partial charge >= 0.3 is 0 Å². The van der Waals surface area contributed by atoms with Crippen LogP contribution in [-0.2, 0) is 12.8 Å². The molecule has 0 saturated heterocycles. The zero-order chi connectivity index (χ0) is 13.8. The number of nitrogens with one attached hydrogen (secondary N) is 1. The molecule has 3 nitrogen and oxygen atoms in total. The molecular formula is C13H15BrFN3S. The summed E-state index contributed by atoms with van der Waals surface area (Å²) in [5.74, 6) is 5.33. The molecule has 0 fully saturated rings. The lowest BCUT2D eigenvalue weighted by Gasteiger charge is -2.14. The van der Waals surface area contributed by atoms with Gasteiger partial charge in [-0.05, 0) is 37.1 Å². The van der Waals surface area contributed by atoms with Gasteiger partial charge in [0.15, 0.2) is 0 Å². The van der Waals surface area contributed by atoms with Gasteiger partial charge in [-0.15, -0.1) is 11.3 Å². The van der Waals surface area contributed by atoms with Crippen LogP contribution >= 0.6 is 27.3 Å². The number of hydrazine groups is 1. The minimum Gasteiger partial charge on any atom is -0.271 e. The van der Waals surface area contributed by atoms with E-state index < -0.39 is 0 Å². The first-order chi connectivity index (χ1) is 9.06. The van der Waals surface area contributed by atoms with E-state index in [0.29, 0.717) is 6.42 Å². The third-order valence-corrected chi connectivity index (χ3v) is 4.17. The molecule has 19 heavy (non-hydrogen) atoms. The van der Waals surface area contributed by atoms with Crippen LogP contribution in [0.4, 0.5) is 4.39 Å². The zero-order valence-electron chi connectivity index (χ0n) is 10.5. The van der Waals surface area contributed by atoms with E-state index in [0.717, 1.165) is 27.2 Å². The number of aryl methyl sites for hydroxylation is 1. The molecule has 102 valence electrons. The van der Waals surface area contributed by atoms with Gasteiger partial charge in [0.2, 0.25) is 0 Å². The number of aromatic nitrogens is 1. The summed E-state index contributed by atoms with van der Waals surface area (Å²) in [6, 6.07) is 4.92. The van der Waals surface area contributed by atoms with Crippen LogP contribution in [0.5, 0.6) is 0 Å². The SMILES string of the molecule is Cc1csc(CC(Cc2cc(F)cc(Br)c2)NN)n1. The minimum atomic E-state index is -0.245. The van der Waals surface area contributed by atoms with Crippen molar-refractivity contribution in [3.63, 3.8) is 0 Å². The molecule has 0 aliphatic carbocycles. The Morgan fingerprint density at radius 3 is 2.79 bits per heavy atom. The molecule has 1 heterocycles. The summed E-state index contributed by atoms with van der Waals surface area (Å²) in [5, 5.41) is 3.05. The first-order valence-electron chi connectivity index (χ1n) is 5.89. The quantitative estimate of drug-likeness (QED) is 0.648. The fraction of sp³-hybridized carbons (Fsp3) is 0.308. The molecule has 0 aliphatic rings. The van der Waals surface area contributed by atoms with Gasteiger partial charge in [-0.3, -0.25) is 11.3 Å². The molecule has 0 bridgehead atoms. The monoisotopic (exact) mass is 343 g/mol. The first kappa shape index (κ1) is 14.6. The van der Waals surface area contributed by atoms with Crippen molar-refractivity contribution in [1.29, 1.82) is 0 Å². The fourth-order valence-electron chi connectivity index (χ4n) is 1.91. The highest BCUT2D eigenvalue weighted by Crippen LogP contribution is 2.18. The van der Waals surface area contributed by atoms with Gasteiger partial charge < -0.3 is 0 Å². The third kappa shape index (κ3) is 4.35. The van der Waals surface area contributed by atoms with Crippen LogP contribution in [0.1, 0.15) is 16.3 Å². The van der Waals surface area contributed by atoms with Crippen molar-refractivity contribution < 1.29 is 4.39 Å². The number of benzene rings is 1. The Morgan fingerprint density at radius 1 is 1.42 bits per heavy atom. The zero-order valence-corrected chi connectivity index (χ0v) is 12.9. The van der Waals surface area contributed by atoms with Crippen LogP contribution in [0, 0.1) is 12.7 Å². The molecule has 6 heteroatoms. The average molecular weight is 344 g/mol. The van der Waals surface area contributed by atoms with Crippen LogP contribution in [0.25, 0.3) is 0 Å². The Morgan fingerprint density at radius 2 is 2.21 bits per heavy atom. The van der Waals surface area contributed by atoms with Gasteiger partial charge in [-0.1, -0.05) is 15.9 Å². The fourth-order valence-corrected chi connectivity index (χ4v) is 3.28. The number of nitrogens with zero attached hydrogens (tertiary/aromatic N) is 1. The predicted molar refractivity (Wildman–Crippen MR) is 79.5 cm³/mol. The Hall–Kier alpha value is -0.820. The first-order valence-corrected chi connectivity index (χ1v) is 7.56. The number of hydrogen-bond donors (Lipinski definition) is 2. The van der Waals surface area contributed by atoms with Gasteiger partial charge in [0, 0.05) is 28.0 Å². The number of rotatable bonds is 5. The van der Waals surface area contributed by atoms with Gasteiger partial charge in [-0.25, -0.2) is 9.37 Å². The lowest BCUT2D eigenvalue weighted by molar-refractivity contribution is 0.519. The molecule has 1 atom stereocenters. The lowest BCUT2D eigenvalue weighted by atomic mass is 10.0. The maximum Gasteiger partial charge on any atom is 0.124 e. The summed E-state index contributed by atoms with van der Waals surface area (Å²) in [6.45, 7) is 1.97. The van der Waals surface area contributed by atoms with Crippen molar-refractivity contribution >= 4 is 27.3 Å². The minimum absolute atomic E-state index is 0.0410. The molecule has 3 N–H and O–H groups in total. The Kier molecular flexibility index (Phi) is 5.04. The van der Waals surface area contributed by atoms with Gasteiger partial charge in [0.1, 0.15) is 5.82 Å². The van der Waals surface area contributed by atoms with E-state index in [4.69, 9.17) is 5.84 Å². The summed E-state index contributed by atoms with van der Waals surface area (Å²) in [4.78, 5) is 4.41. The Labute approximate surface area is 124 Å². The molecule has 1 unspecified atom stereocenters. The molecular weight excluding hydrogens is 329 g/mol. The van der Waals surface area contributed by atoms with Crippen molar-refractivity contribution in [1.82, 2.24) is 10.4 Å². The normalized spacial score (nSPS) is 12.6. The summed E-state index contributed by atoms with van der Waals surface area (Å²) in [7, 11) is 0. The van der Waals surface area contributed by atoms with E-state index in [1.807, 2.05) is 18.4 Å². The Balaban J connectivity index is 2.06. The van der Waals surface area contributed by atoms with E-state index in [2.05, 4.69) is 26.3 Å². The molecule has 0 radical (unpaired) electrons. The smallest absolute Gasteiger partial charge is 0.124 e. The second-order valence-corrected chi connectivity index (χ2v) is 6.29. The molecule has 0 aliphatic heterocycles. The molecule has 0 saturated carbocycles. The van der Waals surface area contributed by atoms with E-state index in [9.17, 15) is 4.39 Å². The number of thiazole rings is 1. The largest absolute Gasteiger partial charge is 0.271 e. The number of hydrogen-bond acceptors (Lipinski definition) is 4. The van der Waals surface area contributed by atoms with E-state index in [1.165, 1.54) is 12.1 Å². The summed E-state index contributed by atoms with van der Waals surface area (Å²) >= 11 is 4.91. The van der Waals surface area contributed by atoms with Crippen molar-refractivity contribution in [3.8, 4) is 0 Å². The van der Waals surface area contributed by atoms with Crippen LogP contribution in [0.3, 0.4) is 0 Å². The highest BCUT2D eigenvalue weighted by atomic mass is 79.9. The van der Waals surface area contributed by atoms with Crippen molar-refractivity contribution in [3.05, 3.63) is 50.1 Å². The topological polar surface area (TPSA) is 50.9 Å². The van der Waals surface area contributed by atoms with Crippen molar-refractivity contribution in [2.45, 2.75) is 25.8 Å². The van der Waals surface area contributed by atoms with E-state index in [-0.39, 0.29) is 11.9 Å². The maximum absolute atomic E-state index is 13.3. The summed E-state index contributed by atoms with van der Waals surface area (Å²) in [5.41, 5.74) is 4.70. The number of nitrogens with two attached hydrogens (primary N) is 1. The number of halogens is 2. The van der Waals surface area contributed by atoms with Gasteiger partial charge in [0.25, 0.3) is 0 Å². The highest BCUT2D eigenvalue weighted by molar-refractivity contribution is 9.10. The van der Waals surface area contributed by atoms with Gasteiger partial charge in [0.05, 0.1) is 5.01 Å². The van der Waals surface area contributed by atoms with Crippen LogP contribution in [0.15, 0.2) is 28.1 Å². The molecule has 2 rings (SSSR count). The molecule has 0 amide bonds. The summed E-state index contributed by atoms with van der Waals surface area (Å²) < 4.78 is 14.1. The Bertz CT molecular complexity index is 538. The van der Waals surface area contributed by atoms with Crippen LogP contribution in [-0.4, -0.2) is 11.0 Å². The summed E-state index contributed by atoms with van der Waals surface area (Å²) in [6.07, 6.45) is 1.40. The molecule has 1 aromatic heterocycles. The second-order valence-electron chi connectivity index (χ2n) is 4.43.